The number of nitro benzene ring substituents is 1. The molecule has 0 saturated carbocycles. The van der Waals surface area contributed by atoms with Crippen LogP contribution in [0.15, 0.2) is 30.0 Å². The lowest BCUT2D eigenvalue weighted by Gasteiger charge is -2.29. The van der Waals surface area contributed by atoms with E-state index in [9.17, 15) is 19.7 Å². The number of aryl methyl sites for hydroxylation is 1. The zero-order chi connectivity index (χ0) is 16.5. The number of benzene rings is 1. The van der Waals surface area contributed by atoms with Crippen molar-refractivity contribution in [2.45, 2.75) is 26.6 Å². The lowest BCUT2D eigenvalue weighted by atomic mass is 10.1. The van der Waals surface area contributed by atoms with Gasteiger partial charge in [0.05, 0.1) is 4.92 Å². The highest BCUT2D eigenvalue weighted by molar-refractivity contribution is 6.15. The predicted molar refractivity (Wildman–Crippen MR) is 75.8 cm³/mol. The summed E-state index contributed by atoms with van der Waals surface area (Å²) in [5, 5.41) is 13.5. The molecule has 1 fully saturated rings. The van der Waals surface area contributed by atoms with E-state index in [1.54, 1.807) is 13.0 Å². The number of carbonyl (C=O) groups is 2. The normalized spacial score (nSPS) is 16.6. The van der Waals surface area contributed by atoms with Gasteiger partial charge < -0.3 is 14.8 Å². The number of esters is 2. The molecule has 1 aliphatic rings. The Balaban J connectivity index is 2.25. The van der Waals surface area contributed by atoms with Crippen LogP contribution < -0.4 is 5.32 Å². The standard InChI is InChI=1S/C14H14N2O6/c1-8-4-5-9(16(19)20)6-11(8)15-7-10-12(17)21-14(2,3)22-13(10)18/h4-7,15H,1-3H3. The van der Waals surface area contributed by atoms with Gasteiger partial charge in [-0.1, -0.05) is 6.07 Å². The molecule has 0 atom stereocenters. The maximum absolute atomic E-state index is 11.8. The van der Waals surface area contributed by atoms with E-state index in [-0.39, 0.29) is 11.3 Å². The van der Waals surface area contributed by atoms with Gasteiger partial charge in [0.15, 0.2) is 5.57 Å². The quantitative estimate of drug-likeness (QED) is 0.299. The minimum Gasteiger partial charge on any atom is -0.419 e. The van der Waals surface area contributed by atoms with Crippen LogP contribution in [0.4, 0.5) is 11.4 Å². The van der Waals surface area contributed by atoms with Crippen LogP contribution in [0.25, 0.3) is 0 Å². The summed E-state index contributed by atoms with van der Waals surface area (Å²) in [4.78, 5) is 33.7. The minimum atomic E-state index is -1.31. The molecule has 0 amide bonds. The summed E-state index contributed by atoms with van der Waals surface area (Å²) in [6.45, 7) is 4.61. The Morgan fingerprint density at radius 2 is 1.82 bits per heavy atom. The molecule has 116 valence electrons. The molecule has 2 rings (SSSR count). The van der Waals surface area contributed by atoms with Crippen molar-refractivity contribution in [1.82, 2.24) is 0 Å². The topological polar surface area (TPSA) is 108 Å². The van der Waals surface area contributed by atoms with Gasteiger partial charge >= 0.3 is 11.9 Å². The van der Waals surface area contributed by atoms with Crippen LogP contribution in [0.3, 0.4) is 0 Å². The molecule has 1 aliphatic heterocycles. The minimum absolute atomic E-state index is 0.110. The van der Waals surface area contributed by atoms with Crippen LogP contribution in [0.5, 0.6) is 0 Å². The number of cyclic esters (lactones) is 2. The fourth-order valence-corrected chi connectivity index (χ4v) is 1.81. The third-order valence-electron chi connectivity index (χ3n) is 2.92. The number of nitrogens with one attached hydrogen (secondary N) is 1. The average Bonchev–Trinajstić information content (AvgIpc) is 2.38. The van der Waals surface area contributed by atoms with Crippen molar-refractivity contribution in [2.24, 2.45) is 0 Å². The molecule has 8 heteroatoms. The Kier molecular flexibility index (Phi) is 3.85. The molecular formula is C14H14N2O6. The van der Waals surface area contributed by atoms with Gasteiger partial charge in [0, 0.05) is 37.9 Å². The third kappa shape index (κ3) is 3.22. The number of nitro groups is 1. The summed E-state index contributed by atoms with van der Waals surface area (Å²) in [6.07, 6.45) is 1.12. The summed E-state index contributed by atoms with van der Waals surface area (Å²) in [5.41, 5.74) is 0.680. The number of nitrogens with zero attached hydrogens (tertiary/aromatic N) is 1. The van der Waals surface area contributed by atoms with Gasteiger partial charge in [-0.25, -0.2) is 9.59 Å². The zero-order valence-corrected chi connectivity index (χ0v) is 12.2. The molecule has 22 heavy (non-hydrogen) atoms. The zero-order valence-electron chi connectivity index (χ0n) is 12.2. The lowest BCUT2D eigenvalue weighted by molar-refractivity contribution is -0.384. The van der Waals surface area contributed by atoms with Crippen LogP contribution >= 0.6 is 0 Å². The maximum atomic E-state index is 11.8. The van der Waals surface area contributed by atoms with E-state index in [4.69, 9.17) is 9.47 Å². The largest absolute Gasteiger partial charge is 0.419 e. The first-order chi connectivity index (χ1) is 10.2. The summed E-state index contributed by atoms with van der Waals surface area (Å²) in [5.74, 6) is -2.96. The third-order valence-corrected chi connectivity index (χ3v) is 2.92. The van der Waals surface area contributed by atoms with Crippen molar-refractivity contribution in [3.05, 3.63) is 45.6 Å². The van der Waals surface area contributed by atoms with Crippen molar-refractivity contribution in [3.63, 3.8) is 0 Å². The van der Waals surface area contributed by atoms with Gasteiger partial charge in [0.25, 0.3) is 11.5 Å². The molecule has 1 heterocycles. The van der Waals surface area contributed by atoms with Crippen molar-refractivity contribution in [1.29, 1.82) is 0 Å². The van der Waals surface area contributed by atoms with Crippen LogP contribution in [-0.2, 0) is 19.1 Å². The summed E-state index contributed by atoms with van der Waals surface area (Å²) < 4.78 is 9.88. The monoisotopic (exact) mass is 306 g/mol. The Morgan fingerprint density at radius 1 is 1.23 bits per heavy atom. The molecule has 1 N–H and O–H groups in total. The molecule has 0 bridgehead atoms. The van der Waals surface area contributed by atoms with E-state index in [2.05, 4.69) is 5.32 Å². The van der Waals surface area contributed by atoms with Crippen LogP contribution in [0, 0.1) is 17.0 Å². The molecule has 0 spiro atoms. The summed E-state index contributed by atoms with van der Waals surface area (Å²) in [6, 6.07) is 4.22. The fraction of sp³-hybridized carbons (Fsp3) is 0.286. The van der Waals surface area contributed by atoms with Crippen LogP contribution in [0.2, 0.25) is 0 Å². The van der Waals surface area contributed by atoms with E-state index in [1.165, 1.54) is 26.0 Å². The van der Waals surface area contributed by atoms with Gasteiger partial charge in [-0.2, -0.15) is 0 Å². The predicted octanol–water partition coefficient (Wildman–Crippen LogP) is 2.04. The first-order valence-electron chi connectivity index (χ1n) is 6.38. The molecule has 0 aliphatic carbocycles. The first-order valence-corrected chi connectivity index (χ1v) is 6.38. The lowest BCUT2D eigenvalue weighted by Crippen LogP contribution is -2.42. The number of rotatable bonds is 3. The Labute approximate surface area is 125 Å². The number of ether oxygens (including phenoxy) is 2. The SMILES string of the molecule is Cc1ccc([N+](=O)[O-])cc1NC=C1C(=O)OC(C)(C)OC1=O. The molecule has 1 aromatic rings. The molecule has 0 aromatic heterocycles. The Hall–Kier alpha value is -2.90. The molecule has 1 saturated heterocycles. The first kappa shape index (κ1) is 15.5. The van der Waals surface area contributed by atoms with Crippen molar-refractivity contribution < 1.29 is 24.0 Å². The second-order valence-electron chi connectivity index (χ2n) is 5.14. The maximum Gasteiger partial charge on any atom is 0.350 e. The highest BCUT2D eigenvalue weighted by Crippen LogP contribution is 2.25. The van der Waals surface area contributed by atoms with E-state index in [0.717, 1.165) is 6.20 Å². The summed E-state index contributed by atoms with van der Waals surface area (Å²) in [7, 11) is 0. The average molecular weight is 306 g/mol. The van der Waals surface area contributed by atoms with Crippen LogP contribution in [-0.4, -0.2) is 22.6 Å². The second-order valence-corrected chi connectivity index (χ2v) is 5.14. The number of hydrogen-bond donors (Lipinski definition) is 1. The van der Waals surface area contributed by atoms with Crippen molar-refractivity contribution >= 4 is 23.3 Å². The molecule has 0 radical (unpaired) electrons. The van der Waals surface area contributed by atoms with E-state index in [1.807, 2.05) is 0 Å². The molecular weight excluding hydrogens is 292 g/mol. The van der Waals surface area contributed by atoms with Crippen molar-refractivity contribution in [3.8, 4) is 0 Å². The smallest absolute Gasteiger partial charge is 0.350 e. The van der Waals surface area contributed by atoms with Gasteiger partial charge in [0.1, 0.15) is 0 Å². The molecule has 8 nitrogen and oxygen atoms in total. The highest BCUT2D eigenvalue weighted by atomic mass is 16.7. The Bertz CT molecular complexity index is 671. The van der Waals surface area contributed by atoms with E-state index in [0.29, 0.717) is 11.3 Å². The van der Waals surface area contributed by atoms with Gasteiger partial charge in [-0.05, 0) is 12.5 Å². The van der Waals surface area contributed by atoms with Gasteiger partial charge in [0.2, 0.25) is 0 Å². The Morgan fingerprint density at radius 3 is 2.36 bits per heavy atom. The molecule has 0 unspecified atom stereocenters. The van der Waals surface area contributed by atoms with E-state index < -0.39 is 22.6 Å². The second kappa shape index (κ2) is 5.47. The van der Waals surface area contributed by atoms with Gasteiger partial charge in [-0.15, -0.1) is 0 Å². The highest BCUT2D eigenvalue weighted by Gasteiger charge is 2.38. The number of anilines is 1. The van der Waals surface area contributed by atoms with Gasteiger partial charge in [-0.3, -0.25) is 10.1 Å². The van der Waals surface area contributed by atoms with Crippen LogP contribution in [0.1, 0.15) is 19.4 Å². The number of non-ortho nitro benzene ring substituents is 1. The molecule has 1 aromatic carbocycles. The number of carbonyl (C=O) groups excluding carboxylic acids is 2. The van der Waals surface area contributed by atoms with E-state index >= 15 is 0 Å². The van der Waals surface area contributed by atoms with Crippen molar-refractivity contribution in [2.75, 3.05) is 5.32 Å². The summed E-state index contributed by atoms with van der Waals surface area (Å²) >= 11 is 0. The fourth-order valence-electron chi connectivity index (χ4n) is 1.81. The number of hydrogen-bond acceptors (Lipinski definition) is 7.